The summed E-state index contributed by atoms with van der Waals surface area (Å²) in [5.41, 5.74) is 1.54. The predicted molar refractivity (Wildman–Crippen MR) is 60.0 cm³/mol. The van der Waals surface area contributed by atoms with Crippen LogP contribution in [0.3, 0.4) is 0 Å². The summed E-state index contributed by atoms with van der Waals surface area (Å²) in [4.78, 5) is 0. The Morgan fingerprint density at radius 3 is 2.27 bits per heavy atom. The molecule has 3 nitrogen and oxygen atoms in total. The molecule has 1 aromatic carbocycles. The highest BCUT2D eigenvalue weighted by Crippen LogP contribution is 2.05. The van der Waals surface area contributed by atoms with Crippen LogP contribution < -0.4 is 5.62 Å². The Labute approximate surface area is 89.1 Å². The van der Waals surface area contributed by atoms with E-state index in [0.29, 0.717) is 11.7 Å². The summed E-state index contributed by atoms with van der Waals surface area (Å²) >= 11 is 0. The number of hydrogen-bond donors (Lipinski definition) is 1. The normalized spacial score (nSPS) is 10.9. The maximum absolute atomic E-state index is 8.02. The van der Waals surface area contributed by atoms with Gasteiger partial charge in [0.15, 0.2) is 0 Å². The van der Waals surface area contributed by atoms with Gasteiger partial charge in [-0.05, 0) is 26.0 Å². The van der Waals surface area contributed by atoms with Crippen molar-refractivity contribution < 1.29 is 0 Å². The number of benzene rings is 1. The molecule has 0 saturated carbocycles. The molecule has 0 fully saturated rings. The molecular weight excluding hydrogens is 186 g/mol. The molecule has 2 aromatic rings. The molecule has 0 aliphatic heterocycles. The zero-order valence-electron chi connectivity index (χ0n) is 9.01. The minimum Gasteiger partial charge on any atom is -0.315 e. The van der Waals surface area contributed by atoms with E-state index < -0.39 is 0 Å². The molecule has 0 amide bonds. The third-order valence-corrected chi connectivity index (χ3v) is 2.44. The van der Waals surface area contributed by atoms with Crippen LogP contribution in [0.4, 0.5) is 0 Å². The van der Waals surface area contributed by atoms with Crippen LogP contribution >= 0.6 is 0 Å². The van der Waals surface area contributed by atoms with Crippen LogP contribution in [0.25, 0.3) is 5.69 Å². The lowest BCUT2D eigenvalue weighted by atomic mass is 10.3. The summed E-state index contributed by atoms with van der Waals surface area (Å²) in [6, 6.07) is 10.3. The van der Waals surface area contributed by atoms with Crippen molar-refractivity contribution in [1.29, 1.82) is 5.41 Å². The Morgan fingerprint density at radius 2 is 1.73 bits per heavy atom. The molecule has 1 N–H and O–H groups in total. The molecule has 15 heavy (non-hydrogen) atoms. The highest BCUT2D eigenvalue weighted by molar-refractivity contribution is 5.30. The first-order chi connectivity index (χ1) is 7.20. The molecule has 0 radical (unpaired) electrons. The number of nitrogens with one attached hydrogen (secondary N) is 1. The van der Waals surface area contributed by atoms with Crippen molar-refractivity contribution in [1.82, 2.24) is 9.13 Å². The largest absolute Gasteiger partial charge is 0.315 e. The van der Waals surface area contributed by atoms with Gasteiger partial charge in [0.1, 0.15) is 0 Å². The number of imidazole rings is 1. The van der Waals surface area contributed by atoms with Gasteiger partial charge in [0.2, 0.25) is 5.62 Å². The summed E-state index contributed by atoms with van der Waals surface area (Å²) in [6.07, 6.45) is 3.87. The molecule has 0 unspecified atom stereocenters. The van der Waals surface area contributed by atoms with Crippen molar-refractivity contribution in [2.75, 3.05) is 0 Å². The molecule has 1 heterocycles. The zero-order chi connectivity index (χ0) is 10.8. The van der Waals surface area contributed by atoms with E-state index in [4.69, 9.17) is 5.41 Å². The van der Waals surface area contributed by atoms with Gasteiger partial charge in [0.25, 0.3) is 0 Å². The quantitative estimate of drug-likeness (QED) is 0.774. The van der Waals surface area contributed by atoms with E-state index in [-0.39, 0.29) is 0 Å². The third kappa shape index (κ3) is 1.73. The summed E-state index contributed by atoms with van der Waals surface area (Å²) in [7, 11) is 0. The van der Waals surface area contributed by atoms with Crippen molar-refractivity contribution in [3.63, 3.8) is 0 Å². The Bertz CT molecular complexity index is 491. The molecule has 0 atom stereocenters. The first-order valence-electron chi connectivity index (χ1n) is 5.09. The van der Waals surface area contributed by atoms with Crippen LogP contribution in [-0.2, 0) is 0 Å². The van der Waals surface area contributed by atoms with Crippen LogP contribution in [0.5, 0.6) is 0 Å². The van der Waals surface area contributed by atoms with Crippen molar-refractivity contribution in [3.05, 3.63) is 48.3 Å². The fraction of sp³-hybridized carbons (Fsp3) is 0.250. The predicted octanol–water partition coefficient (Wildman–Crippen LogP) is 2.34. The lowest BCUT2D eigenvalue weighted by Crippen LogP contribution is -2.24. The fourth-order valence-corrected chi connectivity index (χ4v) is 1.62. The summed E-state index contributed by atoms with van der Waals surface area (Å²) in [5, 5.41) is 8.02. The lowest BCUT2D eigenvalue weighted by molar-refractivity contribution is 0.558. The van der Waals surface area contributed by atoms with Gasteiger partial charge in [-0.15, -0.1) is 0 Å². The van der Waals surface area contributed by atoms with Gasteiger partial charge in [-0.25, -0.2) is 0 Å². The Kier molecular flexibility index (Phi) is 2.46. The average Bonchev–Trinajstić information content (AvgIpc) is 2.61. The highest BCUT2D eigenvalue weighted by Gasteiger charge is 2.03. The SMILES string of the molecule is CC(C)n1ccn(-c2ccccc2)c1=N. The van der Waals surface area contributed by atoms with E-state index in [1.807, 2.05) is 51.9 Å². The molecule has 0 aliphatic carbocycles. The van der Waals surface area contributed by atoms with E-state index in [1.165, 1.54) is 0 Å². The monoisotopic (exact) mass is 201 g/mol. The summed E-state index contributed by atoms with van der Waals surface area (Å²) in [5.74, 6) is 0. The van der Waals surface area contributed by atoms with E-state index in [2.05, 4.69) is 13.8 Å². The van der Waals surface area contributed by atoms with E-state index >= 15 is 0 Å². The Hall–Kier alpha value is -1.77. The Balaban J connectivity index is 2.52. The Morgan fingerprint density at radius 1 is 1.07 bits per heavy atom. The van der Waals surface area contributed by atoms with E-state index in [0.717, 1.165) is 5.69 Å². The third-order valence-electron chi connectivity index (χ3n) is 2.44. The van der Waals surface area contributed by atoms with E-state index in [9.17, 15) is 0 Å². The van der Waals surface area contributed by atoms with E-state index in [1.54, 1.807) is 0 Å². The molecule has 0 spiro atoms. The molecule has 0 bridgehead atoms. The van der Waals surface area contributed by atoms with Gasteiger partial charge in [-0.1, -0.05) is 18.2 Å². The maximum atomic E-state index is 8.02. The van der Waals surface area contributed by atoms with Crippen LogP contribution in [0.15, 0.2) is 42.7 Å². The fourth-order valence-electron chi connectivity index (χ4n) is 1.62. The molecule has 3 heteroatoms. The molecule has 0 saturated heterocycles. The van der Waals surface area contributed by atoms with Crippen molar-refractivity contribution in [3.8, 4) is 5.69 Å². The van der Waals surface area contributed by atoms with Gasteiger partial charge in [0, 0.05) is 24.1 Å². The van der Waals surface area contributed by atoms with Gasteiger partial charge in [-0.2, -0.15) is 0 Å². The number of aromatic nitrogens is 2. The molecule has 2 rings (SSSR count). The number of rotatable bonds is 2. The van der Waals surface area contributed by atoms with Crippen LogP contribution in [0.2, 0.25) is 0 Å². The van der Waals surface area contributed by atoms with Gasteiger partial charge in [-0.3, -0.25) is 9.98 Å². The average molecular weight is 201 g/mol. The van der Waals surface area contributed by atoms with Crippen molar-refractivity contribution in [2.24, 2.45) is 0 Å². The molecular formula is C12H15N3. The van der Waals surface area contributed by atoms with Crippen molar-refractivity contribution >= 4 is 0 Å². The second kappa shape index (κ2) is 3.77. The minimum absolute atomic E-state index is 0.322. The topological polar surface area (TPSA) is 33.7 Å². The standard InChI is InChI=1S/C12H15N3/c1-10(2)14-8-9-15(12(14)13)11-6-4-3-5-7-11/h3-10,13H,1-2H3. The summed E-state index contributed by atoms with van der Waals surface area (Å²) < 4.78 is 3.81. The zero-order valence-corrected chi connectivity index (χ0v) is 9.01. The minimum atomic E-state index is 0.322. The van der Waals surface area contributed by atoms with Gasteiger partial charge >= 0.3 is 0 Å². The first kappa shape index (κ1) is 9.77. The smallest absolute Gasteiger partial charge is 0.206 e. The number of nitrogens with zero attached hydrogens (tertiary/aromatic N) is 2. The molecule has 78 valence electrons. The summed E-state index contributed by atoms with van der Waals surface area (Å²) in [6.45, 7) is 4.15. The van der Waals surface area contributed by atoms with Gasteiger partial charge in [0.05, 0.1) is 0 Å². The maximum Gasteiger partial charge on any atom is 0.206 e. The van der Waals surface area contributed by atoms with Gasteiger partial charge < -0.3 is 4.57 Å². The first-order valence-corrected chi connectivity index (χ1v) is 5.09. The second-order valence-electron chi connectivity index (χ2n) is 3.83. The second-order valence-corrected chi connectivity index (χ2v) is 3.83. The highest BCUT2D eigenvalue weighted by atomic mass is 15.2. The van der Waals surface area contributed by atoms with Crippen LogP contribution in [-0.4, -0.2) is 9.13 Å². The van der Waals surface area contributed by atoms with Crippen LogP contribution in [0, 0.1) is 5.41 Å². The molecule has 1 aromatic heterocycles. The van der Waals surface area contributed by atoms with Crippen molar-refractivity contribution in [2.45, 2.75) is 19.9 Å². The lowest BCUT2D eigenvalue weighted by Gasteiger charge is -2.06. The number of para-hydroxylation sites is 1. The molecule has 0 aliphatic rings. The van der Waals surface area contributed by atoms with Crippen LogP contribution in [0.1, 0.15) is 19.9 Å². The number of hydrogen-bond acceptors (Lipinski definition) is 1.